The van der Waals surface area contributed by atoms with Crippen LogP contribution in [0.1, 0.15) is 18.9 Å². The summed E-state index contributed by atoms with van der Waals surface area (Å²) in [4.78, 5) is 46.3. The number of ether oxygens (including phenoxy) is 2. The summed E-state index contributed by atoms with van der Waals surface area (Å²) in [6.07, 6.45) is -0.0620. The van der Waals surface area contributed by atoms with Crippen molar-refractivity contribution >= 4 is 34.6 Å². The van der Waals surface area contributed by atoms with Gasteiger partial charge in [0, 0.05) is 30.9 Å². The molecule has 11 heteroatoms. The molecule has 2 amide bonds. The lowest BCUT2D eigenvalue weighted by molar-refractivity contribution is -0.384. The molecule has 28 heavy (non-hydrogen) atoms. The zero-order valence-electron chi connectivity index (χ0n) is 15.2. The zero-order chi connectivity index (χ0) is 20.7. The maximum Gasteiger partial charge on any atom is 0.410 e. The van der Waals surface area contributed by atoms with Crippen LogP contribution in [0.3, 0.4) is 0 Å². The van der Waals surface area contributed by atoms with Gasteiger partial charge in [-0.2, -0.15) is 0 Å². The molecule has 1 saturated heterocycles. The molecule has 0 aromatic heterocycles. The van der Waals surface area contributed by atoms with Crippen molar-refractivity contribution in [3.8, 4) is 0 Å². The highest BCUT2D eigenvalue weighted by molar-refractivity contribution is 8.14. The fourth-order valence-corrected chi connectivity index (χ4v) is 3.84. The normalized spacial score (nSPS) is 18.7. The number of nitrogens with two attached hydrogens (primary N) is 1. The minimum atomic E-state index is -0.611. The Labute approximate surface area is 165 Å². The molecule has 2 rings (SSSR count). The number of hydrogen-bond donors (Lipinski definition) is 1. The van der Waals surface area contributed by atoms with E-state index in [0.29, 0.717) is 18.5 Å². The molecule has 1 fully saturated rings. The van der Waals surface area contributed by atoms with Gasteiger partial charge < -0.3 is 20.1 Å². The number of likely N-dealkylation sites (tertiary alicyclic amines) is 1. The Morgan fingerprint density at radius 1 is 1.32 bits per heavy atom. The number of nitro benzene ring substituents is 1. The highest BCUT2D eigenvalue weighted by Gasteiger charge is 2.37. The van der Waals surface area contributed by atoms with Crippen LogP contribution >= 0.6 is 11.8 Å². The number of benzene rings is 1. The van der Waals surface area contributed by atoms with E-state index in [1.54, 1.807) is 0 Å². The first-order chi connectivity index (χ1) is 13.3. The van der Waals surface area contributed by atoms with E-state index in [-0.39, 0.29) is 41.9 Å². The summed E-state index contributed by atoms with van der Waals surface area (Å²) < 4.78 is 10.5. The number of thioether (sulfide) groups is 1. The van der Waals surface area contributed by atoms with Crippen molar-refractivity contribution in [2.75, 3.05) is 19.8 Å². The Kier molecular flexibility index (Phi) is 7.76. The average Bonchev–Trinajstić information content (AvgIpc) is 3.01. The molecule has 0 aliphatic carbocycles. The van der Waals surface area contributed by atoms with Crippen LogP contribution in [-0.2, 0) is 25.7 Å². The molecule has 1 aliphatic rings. The summed E-state index contributed by atoms with van der Waals surface area (Å²) in [5.41, 5.74) is 5.60. The van der Waals surface area contributed by atoms with Gasteiger partial charge in [-0.05, 0) is 24.1 Å². The SMILES string of the molecule is CC(=O)S[C@H]1C[C@@H](COCC(N)=O)N(C(=O)OCc2ccc([N+](=O)[O-])cc2)C1. The molecule has 10 nitrogen and oxygen atoms in total. The van der Waals surface area contributed by atoms with Gasteiger partial charge in [-0.3, -0.25) is 19.7 Å². The van der Waals surface area contributed by atoms with Gasteiger partial charge in [0.05, 0.1) is 17.6 Å². The van der Waals surface area contributed by atoms with Crippen LogP contribution < -0.4 is 5.73 Å². The topological polar surface area (TPSA) is 142 Å². The predicted molar refractivity (Wildman–Crippen MR) is 100 cm³/mol. The van der Waals surface area contributed by atoms with E-state index >= 15 is 0 Å². The van der Waals surface area contributed by atoms with E-state index in [1.807, 2.05) is 0 Å². The zero-order valence-corrected chi connectivity index (χ0v) is 16.1. The quantitative estimate of drug-likeness (QED) is 0.500. The second-order valence-corrected chi connectivity index (χ2v) is 7.71. The maximum absolute atomic E-state index is 12.5. The van der Waals surface area contributed by atoms with Gasteiger partial charge in [0.2, 0.25) is 5.91 Å². The average molecular weight is 411 g/mol. The van der Waals surface area contributed by atoms with Crippen LogP contribution in [0.15, 0.2) is 24.3 Å². The third-order valence-electron chi connectivity index (χ3n) is 4.01. The van der Waals surface area contributed by atoms with E-state index in [9.17, 15) is 24.5 Å². The minimum Gasteiger partial charge on any atom is -0.445 e. The van der Waals surface area contributed by atoms with Gasteiger partial charge in [-0.25, -0.2) is 4.79 Å². The summed E-state index contributed by atoms with van der Waals surface area (Å²) in [7, 11) is 0. The first-order valence-electron chi connectivity index (χ1n) is 8.46. The van der Waals surface area contributed by atoms with E-state index in [2.05, 4.69) is 0 Å². The van der Waals surface area contributed by atoms with E-state index in [1.165, 1.54) is 36.1 Å². The maximum atomic E-state index is 12.5. The molecular formula is C17H21N3O7S. The van der Waals surface area contributed by atoms with Crippen LogP contribution in [-0.4, -0.2) is 58.0 Å². The molecule has 0 unspecified atom stereocenters. The van der Waals surface area contributed by atoms with Gasteiger partial charge >= 0.3 is 6.09 Å². The molecular weight excluding hydrogens is 390 g/mol. The lowest BCUT2D eigenvalue weighted by atomic mass is 10.2. The van der Waals surface area contributed by atoms with Gasteiger partial charge in [0.15, 0.2) is 5.12 Å². The number of non-ortho nitro benzene ring substituents is 1. The number of carbonyl (C=O) groups is 3. The van der Waals surface area contributed by atoms with Crippen molar-refractivity contribution in [2.45, 2.75) is 31.2 Å². The standard InChI is InChI=1S/C17H21N3O7S/c1-11(21)28-15-6-14(9-26-10-16(18)22)19(7-15)17(23)27-8-12-2-4-13(5-3-12)20(24)25/h2-5,14-15H,6-10H2,1H3,(H2,18,22)/t14-,15-/m0/s1. The third-order valence-corrected chi connectivity index (χ3v) is 5.01. The van der Waals surface area contributed by atoms with E-state index in [4.69, 9.17) is 15.2 Å². The van der Waals surface area contributed by atoms with Crippen LogP contribution in [0.2, 0.25) is 0 Å². The van der Waals surface area contributed by atoms with Gasteiger partial charge in [0.1, 0.15) is 13.2 Å². The number of rotatable bonds is 8. The van der Waals surface area contributed by atoms with Crippen molar-refractivity contribution in [1.82, 2.24) is 4.90 Å². The Balaban J connectivity index is 1.95. The number of primary amides is 1. The fraction of sp³-hybridized carbons (Fsp3) is 0.471. The first kappa shape index (κ1) is 21.6. The molecule has 0 spiro atoms. The molecule has 0 bridgehead atoms. The summed E-state index contributed by atoms with van der Waals surface area (Å²) in [5, 5.41) is 10.5. The minimum absolute atomic E-state index is 0.0489. The molecule has 1 aromatic rings. The van der Waals surface area contributed by atoms with E-state index in [0.717, 1.165) is 11.8 Å². The number of carbonyl (C=O) groups excluding carboxylic acids is 3. The van der Waals surface area contributed by atoms with Gasteiger partial charge in [-0.1, -0.05) is 11.8 Å². The Morgan fingerprint density at radius 2 is 2.00 bits per heavy atom. The number of nitro groups is 1. The van der Waals surface area contributed by atoms with Crippen molar-refractivity contribution in [3.63, 3.8) is 0 Å². The smallest absolute Gasteiger partial charge is 0.410 e. The molecule has 0 radical (unpaired) electrons. The summed E-state index contributed by atoms with van der Waals surface area (Å²) >= 11 is 1.15. The lowest BCUT2D eigenvalue weighted by Gasteiger charge is -2.23. The van der Waals surface area contributed by atoms with Crippen molar-refractivity contribution in [2.24, 2.45) is 5.73 Å². The van der Waals surface area contributed by atoms with Crippen LogP contribution in [0.4, 0.5) is 10.5 Å². The highest BCUT2D eigenvalue weighted by atomic mass is 32.2. The molecule has 1 heterocycles. The second kappa shape index (κ2) is 10.0. The number of amides is 2. The van der Waals surface area contributed by atoms with Crippen molar-refractivity contribution in [1.29, 1.82) is 0 Å². The van der Waals surface area contributed by atoms with Crippen LogP contribution in [0.25, 0.3) is 0 Å². The third kappa shape index (κ3) is 6.50. The summed E-state index contributed by atoms with van der Waals surface area (Å²) in [5.74, 6) is -0.611. The van der Waals surface area contributed by atoms with Crippen LogP contribution in [0, 0.1) is 10.1 Å². The van der Waals surface area contributed by atoms with Crippen LogP contribution in [0.5, 0.6) is 0 Å². The van der Waals surface area contributed by atoms with E-state index < -0.39 is 16.9 Å². The molecule has 1 aliphatic heterocycles. The molecule has 2 N–H and O–H groups in total. The van der Waals surface area contributed by atoms with Crippen molar-refractivity contribution in [3.05, 3.63) is 39.9 Å². The largest absolute Gasteiger partial charge is 0.445 e. The Bertz CT molecular complexity index is 741. The predicted octanol–water partition coefficient (Wildman–Crippen LogP) is 1.46. The first-order valence-corrected chi connectivity index (χ1v) is 9.34. The molecule has 0 saturated carbocycles. The summed E-state index contributed by atoms with van der Waals surface area (Å²) in [6, 6.07) is 5.34. The van der Waals surface area contributed by atoms with Crippen molar-refractivity contribution < 1.29 is 28.8 Å². The lowest BCUT2D eigenvalue weighted by Crippen LogP contribution is -2.39. The molecule has 1 aromatic carbocycles. The number of hydrogen-bond acceptors (Lipinski definition) is 8. The number of nitrogens with zero attached hydrogens (tertiary/aromatic N) is 2. The van der Waals surface area contributed by atoms with Gasteiger partial charge in [0.25, 0.3) is 5.69 Å². The monoisotopic (exact) mass is 411 g/mol. The second-order valence-electron chi connectivity index (χ2n) is 6.23. The fourth-order valence-electron chi connectivity index (χ4n) is 2.81. The molecule has 152 valence electrons. The molecule has 2 atom stereocenters. The Morgan fingerprint density at radius 3 is 2.57 bits per heavy atom. The highest BCUT2D eigenvalue weighted by Crippen LogP contribution is 2.29. The van der Waals surface area contributed by atoms with Gasteiger partial charge in [-0.15, -0.1) is 0 Å². The Hall–Kier alpha value is -2.66. The summed E-state index contributed by atoms with van der Waals surface area (Å²) in [6.45, 7) is 1.57.